The van der Waals surface area contributed by atoms with Crippen LogP contribution in [0.25, 0.3) is 0 Å². The molecular weight excluding hydrogens is 283 g/mol. The molecule has 2 rings (SSSR count). The lowest BCUT2D eigenvalue weighted by molar-refractivity contribution is -0.155. The molecule has 0 aliphatic carbocycles. The lowest BCUT2D eigenvalue weighted by Gasteiger charge is -2.43. The molecule has 20 heavy (non-hydrogen) atoms. The van der Waals surface area contributed by atoms with E-state index >= 15 is 0 Å². The summed E-state index contributed by atoms with van der Waals surface area (Å²) in [5.74, 6) is -0.947. The molecule has 1 fully saturated rings. The summed E-state index contributed by atoms with van der Waals surface area (Å²) in [6.45, 7) is 4.88. The fraction of sp³-hybridized carbons (Fsp3) is 0.429. The van der Waals surface area contributed by atoms with E-state index in [1.54, 1.807) is 20.8 Å². The second kappa shape index (κ2) is 5.05. The van der Waals surface area contributed by atoms with Crippen molar-refractivity contribution >= 4 is 23.4 Å². The zero-order valence-corrected chi connectivity index (χ0v) is 12.3. The molecule has 0 radical (unpaired) electrons. The molecule has 1 aliphatic rings. The number of benzene rings is 1. The molecule has 1 saturated heterocycles. The van der Waals surface area contributed by atoms with Gasteiger partial charge in [0.15, 0.2) is 0 Å². The third-order valence-corrected chi connectivity index (χ3v) is 3.79. The van der Waals surface area contributed by atoms with Crippen molar-refractivity contribution in [2.24, 2.45) is 0 Å². The van der Waals surface area contributed by atoms with Crippen LogP contribution in [0, 0.1) is 5.82 Å². The molecular formula is C14H16ClFN2O2. The van der Waals surface area contributed by atoms with E-state index < -0.39 is 17.4 Å². The lowest BCUT2D eigenvalue weighted by atomic mass is 9.95. The first-order valence-corrected chi connectivity index (χ1v) is 6.67. The topological polar surface area (TPSA) is 49.4 Å². The molecule has 6 heteroatoms. The van der Waals surface area contributed by atoms with E-state index in [-0.39, 0.29) is 18.4 Å². The van der Waals surface area contributed by atoms with Gasteiger partial charge in [0.25, 0.3) is 0 Å². The van der Waals surface area contributed by atoms with Crippen LogP contribution in [0.1, 0.15) is 26.3 Å². The maximum Gasteiger partial charge on any atom is 0.246 e. The van der Waals surface area contributed by atoms with Crippen molar-refractivity contribution in [3.63, 3.8) is 0 Å². The lowest BCUT2D eigenvalue weighted by Crippen LogP contribution is -2.67. The number of hydrogen-bond donors (Lipinski definition) is 1. The molecule has 1 aliphatic heterocycles. The number of halogens is 2. The standard InChI is InChI=1S/C14H16ClFN2O2/c1-8-12(19)18(14(2,3)13(20)17-8)7-9-6-10(15)4-5-11(9)16/h4-6,8H,7H2,1-3H3,(H,17,20). The minimum atomic E-state index is -1.03. The minimum Gasteiger partial charge on any atom is -0.343 e. The van der Waals surface area contributed by atoms with Gasteiger partial charge < -0.3 is 10.2 Å². The van der Waals surface area contributed by atoms with Crippen LogP contribution in [-0.2, 0) is 16.1 Å². The van der Waals surface area contributed by atoms with Gasteiger partial charge in [0.2, 0.25) is 11.8 Å². The Labute approximate surface area is 121 Å². The van der Waals surface area contributed by atoms with E-state index in [1.807, 2.05) is 0 Å². The minimum absolute atomic E-state index is 0.00991. The fourth-order valence-electron chi connectivity index (χ4n) is 2.18. The zero-order chi connectivity index (χ0) is 15.1. The van der Waals surface area contributed by atoms with E-state index in [1.165, 1.54) is 23.1 Å². The Morgan fingerprint density at radius 1 is 1.40 bits per heavy atom. The number of carbonyl (C=O) groups excluding carboxylic acids is 2. The summed E-state index contributed by atoms with van der Waals surface area (Å²) in [5.41, 5.74) is -0.737. The third-order valence-electron chi connectivity index (χ3n) is 3.55. The number of nitrogens with zero attached hydrogens (tertiary/aromatic N) is 1. The normalized spacial score (nSPS) is 21.9. The van der Waals surface area contributed by atoms with E-state index in [9.17, 15) is 14.0 Å². The number of amides is 2. The first kappa shape index (κ1) is 14.8. The van der Waals surface area contributed by atoms with Gasteiger partial charge in [-0.25, -0.2) is 4.39 Å². The molecule has 1 aromatic rings. The molecule has 1 aromatic carbocycles. The van der Waals surface area contributed by atoms with Crippen LogP contribution >= 0.6 is 11.6 Å². The molecule has 1 unspecified atom stereocenters. The number of piperazine rings is 1. The summed E-state index contributed by atoms with van der Waals surface area (Å²) >= 11 is 5.85. The van der Waals surface area contributed by atoms with Crippen molar-refractivity contribution in [3.8, 4) is 0 Å². The summed E-state index contributed by atoms with van der Waals surface area (Å²) in [6, 6.07) is 3.55. The van der Waals surface area contributed by atoms with Crippen LogP contribution in [0.4, 0.5) is 4.39 Å². The summed E-state index contributed by atoms with van der Waals surface area (Å²) in [7, 11) is 0. The summed E-state index contributed by atoms with van der Waals surface area (Å²) in [5, 5.41) is 3.00. The predicted molar refractivity (Wildman–Crippen MR) is 73.6 cm³/mol. The maximum atomic E-state index is 13.8. The molecule has 0 saturated carbocycles. The summed E-state index contributed by atoms with van der Waals surface area (Å²) in [6.07, 6.45) is 0. The number of rotatable bonds is 2. The van der Waals surface area contributed by atoms with Gasteiger partial charge in [0, 0.05) is 17.1 Å². The van der Waals surface area contributed by atoms with Gasteiger partial charge in [0.1, 0.15) is 17.4 Å². The Morgan fingerprint density at radius 2 is 2.05 bits per heavy atom. The highest BCUT2D eigenvalue weighted by molar-refractivity contribution is 6.30. The van der Waals surface area contributed by atoms with Crippen molar-refractivity contribution in [1.82, 2.24) is 10.2 Å². The smallest absolute Gasteiger partial charge is 0.246 e. The SMILES string of the molecule is CC1NC(=O)C(C)(C)N(Cc2cc(Cl)ccc2F)C1=O. The van der Waals surface area contributed by atoms with Gasteiger partial charge in [-0.05, 0) is 39.0 Å². The average molecular weight is 299 g/mol. The molecule has 1 N–H and O–H groups in total. The summed E-state index contributed by atoms with van der Waals surface area (Å²) < 4.78 is 13.8. The van der Waals surface area contributed by atoms with Crippen LogP contribution in [0.5, 0.6) is 0 Å². The van der Waals surface area contributed by atoms with Gasteiger partial charge in [-0.3, -0.25) is 9.59 Å². The molecule has 0 aromatic heterocycles. The van der Waals surface area contributed by atoms with Crippen LogP contribution < -0.4 is 5.32 Å². The summed E-state index contributed by atoms with van der Waals surface area (Å²) in [4.78, 5) is 25.6. The van der Waals surface area contributed by atoms with E-state index in [4.69, 9.17) is 11.6 Å². The molecule has 1 heterocycles. The quantitative estimate of drug-likeness (QED) is 0.909. The van der Waals surface area contributed by atoms with Crippen LogP contribution in [0.15, 0.2) is 18.2 Å². The Bertz CT molecular complexity index is 574. The maximum absolute atomic E-state index is 13.8. The predicted octanol–water partition coefficient (Wildman–Crippen LogP) is 2.10. The van der Waals surface area contributed by atoms with E-state index in [2.05, 4.69) is 5.32 Å². The molecule has 2 amide bonds. The molecule has 0 spiro atoms. The fourth-order valence-corrected chi connectivity index (χ4v) is 2.37. The third kappa shape index (κ3) is 2.50. The van der Waals surface area contributed by atoms with Crippen LogP contribution in [0.3, 0.4) is 0 Å². The van der Waals surface area contributed by atoms with E-state index in [0.29, 0.717) is 10.6 Å². The van der Waals surface area contributed by atoms with Gasteiger partial charge >= 0.3 is 0 Å². The highest BCUT2D eigenvalue weighted by Crippen LogP contribution is 2.25. The monoisotopic (exact) mass is 298 g/mol. The Kier molecular flexibility index (Phi) is 3.73. The number of carbonyl (C=O) groups is 2. The highest BCUT2D eigenvalue weighted by Gasteiger charge is 2.44. The molecule has 108 valence electrons. The largest absolute Gasteiger partial charge is 0.343 e. The molecule has 1 atom stereocenters. The van der Waals surface area contributed by atoms with Crippen molar-refractivity contribution in [1.29, 1.82) is 0 Å². The van der Waals surface area contributed by atoms with Gasteiger partial charge in [-0.2, -0.15) is 0 Å². The van der Waals surface area contributed by atoms with Gasteiger partial charge in [0.05, 0.1) is 0 Å². The number of nitrogens with one attached hydrogen (secondary N) is 1. The van der Waals surface area contributed by atoms with Crippen molar-refractivity contribution in [3.05, 3.63) is 34.6 Å². The van der Waals surface area contributed by atoms with Gasteiger partial charge in [-0.1, -0.05) is 11.6 Å². The first-order valence-electron chi connectivity index (χ1n) is 6.30. The number of hydrogen-bond acceptors (Lipinski definition) is 2. The van der Waals surface area contributed by atoms with Crippen molar-refractivity contribution in [2.45, 2.75) is 38.9 Å². The van der Waals surface area contributed by atoms with Gasteiger partial charge in [-0.15, -0.1) is 0 Å². The second-order valence-corrected chi connectivity index (χ2v) is 5.85. The van der Waals surface area contributed by atoms with Crippen molar-refractivity contribution in [2.75, 3.05) is 0 Å². The van der Waals surface area contributed by atoms with Crippen molar-refractivity contribution < 1.29 is 14.0 Å². The molecule has 0 bridgehead atoms. The molecule has 4 nitrogen and oxygen atoms in total. The zero-order valence-electron chi connectivity index (χ0n) is 11.5. The van der Waals surface area contributed by atoms with Crippen LogP contribution in [-0.4, -0.2) is 28.3 Å². The first-order chi connectivity index (χ1) is 9.23. The Hall–Kier alpha value is -1.62. The van der Waals surface area contributed by atoms with E-state index in [0.717, 1.165) is 0 Å². The second-order valence-electron chi connectivity index (χ2n) is 5.41. The average Bonchev–Trinajstić information content (AvgIpc) is 2.37. The Balaban J connectivity index is 2.36. The Morgan fingerprint density at radius 3 is 2.70 bits per heavy atom. The van der Waals surface area contributed by atoms with Crippen LogP contribution in [0.2, 0.25) is 5.02 Å². The highest BCUT2D eigenvalue weighted by atomic mass is 35.5.